The molecule has 1 aromatic carbocycles. The van der Waals surface area contributed by atoms with Crippen LogP contribution in [0.15, 0.2) is 35.1 Å². The van der Waals surface area contributed by atoms with Crippen LogP contribution in [0, 0.1) is 12.3 Å². The van der Waals surface area contributed by atoms with Gasteiger partial charge in [-0.15, -0.1) is 0 Å². The van der Waals surface area contributed by atoms with E-state index in [0.29, 0.717) is 18.2 Å². The van der Waals surface area contributed by atoms with E-state index >= 15 is 0 Å². The van der Waals surface area contributed by atoms with Crippen LogP contribution in [-0.2, 0) is 6.54 Å². The molecule has 1 aromatic heterocycles. The molecular weight excluding hydrogens is 326 g/mol. The molecule has 0 bridgehead atoms. The third-order valence-corrected chi connectivity index (χ3v) is 5.15. The summed E-state index contributed by atoms with van der Waals surface area (Å²) in [7, 11) is 1.64. The lowest BCUT2D eigenvalue weighted by molar-refractivity contribution is 0.414. The first-order valence-corrected chi connectivity index (χ1v) is 9.26. The van der Waals surface area contributed by atoms with Gasteiger partial charge in [0.05, 0.1) is 24.9 Å². The molecule has 0 atom stereocenters. The van der Waals surface area contributed by atoms with Crippen molar-refractivity contribution in [3.05, 3.63) is 57.5 Å². The summed E-state index contributed by atoms with van der Waals surface area (Å²) in [6.45, 7) is 2.43. The topological polar surface area (TPSA) is 67.1 Å². The maximum atomic E-state index is 13.0. The summed E-state index contributed by atoms with van der Waals surface area (Å²) in [5.41, 5.74) is 3.04. The molecule has 0 amide bonds. The van der Waals surface area contributed by atoms with Gasteiger partial charge in [0.15, 0.2) is 0 Å². The normalized spacial score (nSPS) is 14.8. The maximum absolute atomic E-state index is 13.0. The summed E-state index contributed by atoms with van der Waals surface area (Å²) in [4.78, 5) is 13.0. The minimum atomic E-state index is -0.117. The van der Waals surface area contributed by atoms with Gasteiger partial charge in [-0.2, -0.15) is 0 Å². The second-order valence-corrected chi connectivity index (χ2v) is 6.98. The molecule has 1 aliphatic rings. The number of rotatable bonds is 6. The molecule has 0 radical (unpaired) electrons. The highest BCUT2D eigenvalue weighted by atomic mass is 16.5. The molecule has 2 aromatic rings. The summed E-state index contributed by atoms with van der Waals surface area (Å²) < 4.78 is 6.92. The minimum absolute atomic E-state index is 0.117. The van der Waals surface area contributed by atoms with Crippen molar-refractivity contribution in [3.63, 3.8) is 0 Å². The molecule has 138 valence electrons. The van der Waals surface area contributed by atoms with Crippen molar-refractivity contribution in [3.8, 4) is 5.75 Å². The Hall–Kier alpha value is -2.56. The van der Waals surface area contributed by atoms with Crippen LogP contribution in [0.4, 0.5) is 5.69 Å². The molecule has 1 saturated carbocycles. The van der Waals surface area contributed by atoms with Gasteiger partial charge in [0, 0.05) is 18.0 Å². The first kappa shape index (κ1) is 18.2. The van der Waals surface area contributed by atoms with Crippen molar-refractivity contribution < 1.29 is 4.74 Å². The minimum Gasteiger partial charge on any atom is -0.497 e. The van der Waals surface area contributed by atoms with Crippen LogP contribution in [0.2, 0.25) is 0 Å². The molecular formula is C21H27N3O2. The molecule has 0 unspecified atom stereocenters. The van der Waals surface area contributed by atoms with Gasteiger partial charge in [-0.3, -0.25) is 4.79 Å². The molecule has 0 aliphatic heterocycles. The smallest absolute Gasteiger partial charge is 0.261 e. The van der Waals surface area contributed by atoms with Crippen LogP contribution in [0.5, 0.6) is 5.75 Å². The largest absolute Gasteiger partial charge is 0.497 e. The predicted octanol–water partition coefficient (Wildman–Crippen LogP) is 3.96. The van der Waals surface area contributed by atoms with Gasteiger partial charge >= 0.3 is 0 Å². The molecule has 5 nitrogen and oxygen atoms in total. The van der Waals surface area contributed by atoms with Gasteiger partial charge in [-0.05, 0) is 43.5 Å². The van der Waals surface area contributed by atoms with E-state index in [0.717, 1.165) is 35.5 Å². The fourth-order valence-electron chi connectivity index (χ4n) is 3.62. The van der Waals surface area contributed by atoms with E-state index in [-0.39, 0.29) is 5.56 Å². The molecule has 0 spiro atoms. The highest BCUT2D eigenvalue weighted by Gasteiger charge is 2.17. The van der Waals surface area contributed by atoms with Crippen LogP contribution in [0.25, 0.3) is 0 Å². The van der Waals surface area contributed by atoms with Crippen molar-refractivity contribution in [2.75, 3.05) is 12.4 Å². The fraction of sp³-hybridized carbons (Fsp3) is 0.429. The Kier molecular flexibility index (Phi) is 5.76. The molecule has 5 heteroatoms. The summed E-state index contributed by atoms with van der Waals surface area (Å²) in [5.74, 6) is 0.796. The molecule has 1 fully saturated rings. The highest BCUT2D eigenvalue weighted by Crippen LogP contribution is 2.23. The predicted molar refractivity (Wildman–Crippen MR) is 106 cm³/mol. The van der Waals surface area contributed by atoms with Gasteiger partial charge in [-0.1, -0.05) is 31.4 Å². The van der Waals surface area contributed by atoms with Gasteiger partial charge in [0.2, 0.25) is 0 Å². The molecule has 2 N–H and O–H groups in total. The SMILES string of the molecule is COc1ccc(Cn2c(C)cc(NC3CCCCC3)c(C=N)c2=O)cc1. The van der Waals surface area contributed by atoms with Crippen LogP contribution in [0.3, 0.4) is 0 Å². The van der Waals surface area contributed by atoms with Crippen molar-refractivity contribution in [1.82, 2.24) is 4.57 Å². The Morgan fingerprint density at radius 3 is 2.54 bits per heavy atom. The number of nitrogens with one attached hydrogen (secondary N) is 2. The zero-order valence-electron chi connectivity index (χ0n) is 15.5. The second-order valence-electron chi connectivity index (χ2n) is 6.98. The number of anilines is 1. The Morgan fingerprint density at radius 1 is 1.23 bits per heavy atom. The zero-order chi connectivity index (χ0) is 18.5. The number of aromatic nitrogens is 1. The van der Waals surface area contributed by atoms with E-state index in [1.807, 2.05) is 37.3 Å². The summed E-state index contributed by atoms with van der Waals surface area (Å²) >= 11 is 0. The lowest BCUT2D eigenvalue weighted by atomic mass is 9.95. The van der Waals surface area contributed by atoms with Crippen LogP contribution < -0.4 is 15.6 Å². The van der Waals surface area contributed by atoms with Gasteiger partial charge in [0.1, 0.15) is 5.75 Å². The number of nitrogens with zero attached hydrogens (tertiary/aromatic N) is 1. The fourth-order valence-corrected chi connectivity index (χ4v) is 3.62. The third kappa shape index (κ3) is 3.98. The Balaban J connectivity index is 1.88. The number of hydrogen-bond donors (Lipinski definition) is 2. The van der Waals surface area contributed by atoms with Crippen molar-refractivity contribution in [1.29, 1.82) is 5.41 Å². The second kappa shape index (κ2) is 8.21. The van der Waals surface area contributed by atoms with E-state index in [4.69, 9.17) is 10.1 Å². The molecule has 0 saturated heterocycles. The first-order valence-electron chi connectivity index (χ1n) is 9.26. The van der Waals surface area contributed by atoms with Crippen molar-refractivity contribution in [2.24, 2.45) is 0 Å². The monoisotopic (exact) mass is 353 g/mol. The van der Waals surface area contributed by atoms with Crippen LogP contribution >= 0.6 is 0 Å². The number of methoxy groups -OCH3 is 1. The standard InChI is InChI=1S/C21H27N3O2/c1-15-12-20(23-17-6-4-3-5-7-17)19(13-22)21(25)24(15)14-16-8-10-18(26-2)11-9-16/h8-13,17,22-23H,3-7,14H2,1-2H3. The Morgan fingerprint density at radius 2 is 1.92 bits per heavy atom. The summed E-state index contributed by atoms with van der Waals surface area (Å²) in [5, 5.41) is 11.3. The first-order chi connectivity index (χ1) is 12.6. The number of ether oxygens (including phenoxy) is 1. The van der Waals surface area contributed by atoms with Crippen molar-refractivity contribution in [2.45, 2.75) is 51.6 Å². The summed E-state index contributed by atoms with van der Waals surface area (Å²) in [6, 6.07) is 10.1. The quantitative estimate of drug-likeness (QED) is 0.773. The van der Waals surface area contributed by atoms with Crippen LogP contribution in [0.1, 0.15) is 48.9 Å². The number of pyridine rings is 1. The lowest BCUT2D eigenvalue weighted by Crippen LogP contribution is -2.30. The van der Waals surface area contributed by atoms with Gasteiger partial charge in [-0.25, -0.2) is 0 Å². The number of benzene rings is 1. The van der Waals surface area contributed by atoms with E-state index < -0.39 is 0 Å². The van der Waals surface area contributed by atoms with Gasteiger partial charge < -0.3 is 20.0 Å². The van der Waals surface area contributed by atoms with E-state index in [1.54, 1.807) is 11.7 Å². The lowest BCUT2D eigenvalue weighted by Gasteiger charge is -2.25. The molecule has 3 rings (SSSR count). The Bertz CT molecular complexity index is 818. The van der Waals surface area contributed by atoms with E-state index in [1.165, 1.54) is 25.5 Å². The highest BCUT2D eigenvalue weighted by molar-refractivity contribution is 5.85. The van der Waals surface area contributed by atoms with E-state index in [2.05, 4.69) is 5.32 Å². The average Bonchev–Trinajstić information content (AvgIpc) is 2.66. The number of aryl methyl sites for hydroxylation is 1. The van der Waals surface area contributed by atoms with Gasteiger partial charge in [0.25, 0.3) is 5.56 Å². The molecule has 26 heavy (non-hydrogen) atoms. The van der Waals surface area contributed by atoms with E-state index in [9.17, 15) is 4.79 Å². The number of hydrogen-bond acceptors (Lipinski definition) is 4. The zero-order valence-corrected chi connectivity index (χ0v) is 15.5. The molecule has 1 aliphatic carbocycles. The molecule has 1 heterocycles. The Labute approximate surface area is 154 Å². The summed E-state index contributed by atoms with van der Waals surface area (Å²) in [6.07, 6.45) is 7.18. The third-order valence-electron chi connectivity index (χ3n) is 5.15. The average molecular weight is 353 g/mol. The maximum Gasteiger partial charge on any atom is 0.261 e. The van der Waals surface area contributed by atoms with Crippen LogP contribution in [-0.4, -0.2) is 23.9 Å². The van der Waals surface area contributed by atoms with Crippen molar-refractivity contribution >= 4 is 11.9 Å².